The molecule has 1 aromatic rings. The standard InChI is InChI=1S/C10H11F2N3OS/c1-17-10-13-4-7-8(14-10)5-15(9(7)16)6(2-11)3-12/h4,6H,2-3,5H2,1H3. The molecular formula is C10H11F2N3OS. The minimum Gasteiger partial charge on any atom is -0.324 e. The fourth-order valence-corrected chi connectivity index (χ4v) is 2.05. The Kier molecular flexibility index (Phi) is 3.56. The lowest BCUT2D eigenvalue weighted by atomic mass is 10.3. The molecule has 1 aromatic heterocycles. The Bertz CT molecular complexity index is 440. The zero-order valence-corrected chi connectivity index (χ0v) is 10.0. The zero-order chi connectivity index (χ0) is 12.4. The number of rotatable bonds is 4. The van der Waals surface area contributed by atoms with Gasteiger partial charge in [0, 0.05) is 6.20 Å². The Labute approximate surface area is 101 Å². The molecule has 92 valence electrons. The molecule has 0 spiro atoms. The lowest BCUT2D eigenvalue weighted by molar-refractivity contribution is 0.0636. The average Bonchev–Trinajstić information content (AvgIpc) is 2.68. The first kappa shape index (κ1) is 12.2. The van der Waals surface area contributed by atoms with E-state index in [0.29, 0.717) is 16.4 Å². The molecule has 2 rings (SSSR count). The molecule has 0 saturated heterocycles. The van der Waals surface area contributed by atoms with E-state index >= 15 is 0 Å². The number of halogens is 2. The van der Waals surface area contributed by atoms with Gasteiger partial charge in [0.25, 0.3) is 5.91 Å². The summed E-state index contributed by atoms with van der Waals surface area (Å²) in [6.07, 6.45) is 3.24. The highest BCUT2D eigenvalue weighted by atomic mass is 32.2. The number of thioether (sulfide) groups is 1. The molecule has 4 nitrogen and oxygen atoms in total. The first-order valence-corrected chi connectivity index (χ1v) is 6.26. The van der Waals surface area contributed by atoms with Crippen molar-refractivity contribution in [1.29, 1.82) is 0 Å². The monoisotopic (exact) mass is 259 g/mol. The zero-order valence-electron chi connectivity index (χ0n) is 9.19. The molecule has 17 heavy (non-hydrogen) atoms. The summed E-state index contributed by atoms with van der Waals surface area (Å²) in [7, 11) is 0. The van der Waals surface area contributed by atoms with Crippen molar-refractivity contribution < 1.29 is 13.6 Å². The van der Waals surface area contributed by atoms with E-state index in [9.17, 15) is 13.6 Å². The van der Waals surface area contributed by atoms with Crippen LogP contribution in [0, 0.1) is 0 Å². The van der Waals surface area contributed by atoms with Crippen molar-refractivity contribution in [2.45, 2.75) is 17.7 Å². The molecule has 2 heterocycles. The molecule has 0 atom stereocenters. The van der Waals surface area contributed by atoms with Gasteiger partial charge < -0.3 is 4.90 Å². The second kappa shape index (κ2) is 4.95. The van der Waals surface area contributed by atoms with Gasteiger partial charge in [-0.1, -0.05) is 11.8 Å². The quantitative estimate of drug-likeness (QED) is 0.606. The number of aromatic nitrogens is 2. The normalized spacial score (nSPS) is 14.6. The lowest BCUT2D eigenvalue weighted by Crippen LogP contribution is -2.38. The van der Waals surface area contributed by atoms with Crippen LogP contribution in [0.1, 0.15) is 16.1 Å². The number of alkyl halides is 2. The third-order valence-electron chi connectivity index (χ3n) is 2.64. The van der Waals surface area contributed by atoms with E-state index in [4.69, 9.17) is 0 Å². The minimum atomic E-state index is -1.02. The molecule has 1 aliphatic heterocycles. The van der Waals surface area contributed by atoms with Crippen LogP contribution in [-0.4, -0.2) is 46.4 Å². The van der Waals surface area contributed by atoms with Crippen LogP contribution in [0.3, 0.4) is 0 Å². The highest BCUT2D eigenvalue weighted by Gasteiger charge is 2.34. The van der Waals surface area contributed by atoms with E-state index in [1.165, 1.54) is 22.9 Å². The van der Waals surface area contributed by atoms with Crippen molar-refractivity contribution in [1.82, 2.24) is 14.9 Å². The fraction of sp³-hybridized carbons (Fsp3) is 0.500. The molecule has 0 fully saturated rings. The lowest BCUT2D eigenvalue weighted by Gasteiger charge is -2.21. The van der Waals surface area contributed by atoms with Gasteiger partial charge in [0.15, 0.2) is 5.16 Å². The number of hydrogen-bond acceptors (Lipinski definition) is 4. The maximum atomic E-state index is 12.6. The Morgan fingerprint density at radius 2 is 2.24 bits per heavy atom. The maximum Gasteiger partial charge on any atom is 0.258 e. The van der Waals surface area contributed by atoms with E-state index in [2.05, 4.69) is 9.97 Å². The molecule has 0 aliphatic carbocycles. The van der Waals surface area contributed by atoms with E-state index in [1.54, 1.807) is 0 Å². The number of hydrogen-bond donors (Lipinski definition) is 0. The van der Waals surface area contributed by atoms with Gasteiger partial charge in [-0.2, -0.15) is 0 Å². The largest absolute Gasteiger partial charge is 0.324 e. The van der Waals surface area contributed by atoms with Gasteiger partial charge in [-0.15, -0.1) is 0 Å². The average molecular weight is 259 g/mol. The van der Waals surface area contributed by atoms with E-state index in [-0.39, 0.29) is 6.54 Å². The summed E-state index contributed by atoms with van der Waals surface area (Å²) in [5.41, 5.74) is 0.885. The van der Waals surface area contributed by atoms with E-state index in [1.807, 2.05) is 6.26 Å². The molecular weight excluding hydrogens is 248 g/mol. The Hall–Kier alpha value is -1.24. The molecule has 0 bridgehead atoms. The smallest absolute Gasteiger partial charge is 0.258 e. The van der Waals surface area contributed by atoms with E-state index in [0.717, 1.165) is 0 Å². The second-order valence-corrected chi connectivity index (χ2v) is 4.39. The minimum absolute atomic E-state index is 0.156. The molecule has 7 heteroatoms. The molecule has 0 unspecified atom stereocenters. The SMILES string of the molecule is CSc1ncc2c(n1)CN(C(CF)CF)C2=O. The van der Waals surface area contributed by atoms with Gasteiger partial charge in [-0.3, -0.25) is 4.79 Å². The summed E-state index contributed by atoms with van der Waals surface area (Å²) >= 11 is 1.36. The highest BCUT2D eigenvalue weighted by Crippen LogP contribution is 2.24. The highest BCUT2D eigenvalue weighted by molar-refractivity contribution is 7.98. The number of amides is 1. The molecule has 1 amide bonds. The van der Waals surface area contributed by atoms with Crippen molar-refractivity contribution in [3.63, 3.8) is 0 Å². The maximum absolute atomic E-state index is 12.6. The fourth-order valence-electron chi connectivity index (χ4n) is 1.69. The molecule has 0 aromatic carbocycles. The second-order valence-electron chi connectivity index (χ2n) is 3.61. The molecule has 0 N–H and O–H groups in total. The van der Waals surface area contributed by atoms with Gasteiger partial charge >= 0.3 is 0 Å². The summed E-state index contributed by atoms with van der Waals surface area (Å²) in [5, 5.41) is 0.551. The van der Waals surface area contributed by atoms with Crippen LogP contribution >= 0.6 is 11.8 Å². The molecule has 0 radical (unpaired) electrons. The summed E-state index contributed by atoms with van der Waals surface area (Å²) in [6, 6.07) is -1.02. The van der Waals surface area contributed by atoms with Crippen molar-refractivity contribution >= 4 is 17.7 Å². The van der Waals surface area contributed by atoms with Crippen molar-refractivity contribution in [3.05, 3.63) is 17.5 Å². The van der Waals surface area contributed by atoms with Crippen molar-refractivity contribution in [2.24, 2.45) is 0 Å². The van der Waals surface area contributed by atoms with Gasteiger partial charge in [0.05, 0.1) is 23.8 Å². The molecule has 0 saturated carbocycles. The van der Waals surface area contributed by atoms with Crippen molar-refractivity contribution in [3.8, 4) is 0 Å². The van der Waals surface area contributed by atoms with Crippen molar-refractivity contribution in [2.75, 3.05) is 19.6 Å². The van der Waals surface area contributed by atoms with Crippen LogP contribution in [0.2, 0.25) is 0 Å². The first-order valence-electron chi connectivity index (χ1n) is 5.04. The summed E-state index contributed by atoms with van der Waals surface area (Å²) < 4.78 is 25.2. The van der Waals surface area contributed by atoms with Crippen LogP contribution < -0.4 is 0 Å². The number of carbonyl (C=O) groups is 1. The third kappa shape index (κ3) is 2.11. The predicted octanol–water partition coefficient (Wildman–Crippen LogP) is 1.46. The first-order chi connectivity index (χ1) is 8.21. The Balaban J connectivity index is 2.28. The van der Waals surface area contributed by atoms with Gasteiger partial charge in [0.1, 0.15) is 13.3 Å². The summed E-state index contributed by atoms with van der Waals surface area (Å²) in [5.74, 6) is -0.395. The van der Waals surface area contributed by atoms with E-state index < -0.39 is 25.3 Å². The van der Waals surface area contributed by atoms with Gasteiger partial charge in [-0.05, 0) is 6.26 Å². The molecule has 1 aliphatic rings. The summed E-state index contributed by atoms with van der Waals surface area (Å²) in [6.45, 7) is -1.62. The predicted molar refractivity (Wildman–Crippen MR) is 59.4 cm³/mol. The van der Waals surface area contributed by atoms with Gasteiger partial charge in [-0.25, -0.2) is 18.7 Å². The van der Waals surface area contributed by atoms with Crippen LogP contribution in [0.4, 0.5) is 8.78 Å². The van der Waals surface area contributed by atoms with Gasteiger partial charge in [0.2, 0.25) is 0 Å². The Morgan fingerprint density at radius 3 is 2.82 bits per heavy atom. The Morgan fingerprint density at radius 1 is 1.53 bits per heavy atom. The third-order valence-corrected chi connectivity index (χ3v) is 3.20. The number of nitrogens with zero attached hydrogens (tertiary/aromatic N) is 3. The van der Waals surface area contributed by atoms with Crippen LogP contribution in [0.25, 0.3) is 0 Å². The van der Waals surface area contributed by atoms with Crippen LogP contribution in [-0.2, 0) is 6.54 Å². The number of carbonyl (C=O) groups excluding carboxylic acids is 1. The summed E-state index contributed by atoms with van der Waals surface area (Å²) in [4.78, 5) is 21.2. The number of fused-ring (bicyclic) bond motifs is 1. The topological polar surface area (TPSA) is 46.1 Å². The van der Waals surface area contributed by atoms with Crippen LogP contribution in [0.5, 0.6) is 0 Å². The van der Waals surface area contributed by atoms with Crippen LogP contribution in [0.15, 0.2) is 11.4 Å².